The molecule has 0 bridgehead atoms. The number of hydrogen-bond acceptors (Lipinski definition) is 2. The minimum atomic E-state index is -5.68. The van der Waals surface area contributed by atoms with Gasteiger partial charge in [0.05, 0.1) is 0 Å². The summed E-state index contributed by atoms with van der Waals surface area (Å²) in [5.41, 5.74) is 4.93. The number of hydrogen-bond donors (Lipinski definition) is 1. The molecule has 0 aliphatic carbocycles. The summed E-state index contributed by atoms with van der Waals surface area (Å²) in [6.07, 6.45) is -5.25. The van der Waals surface area contributed by atoms with Crippen molar-refractivity contribution in [2.45, 2.75) is 44.0 Å². The summed E-state index contributed by atoms with van der Waals surface area (Å²) in [6.45, 7) is 3.61. The van der Waals surface area contributed by atoms with Gasteiger partial charge < -0.3 is 10.5 Å². The lowest BCUT2D eigenvalue weighted by molar-refractivity contribution is -0.291. The number of alkyl halides is 5. The van der Waals surface area contributed by atoms with Crippen LogP contribution in [0.2, 0.25) is 0 Å². The predicted octanol–water partition coefficient (Wildman–Crippen LogP) is 3.60. The van der Waals surface area contributed by atoms with Crippen molar-refractivity contribution in [3.63, 3.8) is 0 Å². The molecule has 1 atom stereocenters. The summed E-state index contributed by atoms with van der Waals surface area (Å²) in [4.78, 5) is 0. The molecule has 1 heterocycles. The topological polar surface area (TPSA) is 35.2 Å². The van der Waals surface area contributed by atoms with Gasteiger partial charge in [0.25, 0.3) is 0 Å². The van der Waals surface area contributed by atoms with E-state index in [0.717, 1.165) is 6.07 Å². The maximum absolute atomic E-state index is 13.2. The fraction of sp³-hybridized carbons (Fsp3) is 0.538. The van der Waals surface area contributed by atoms with Gasteiger partial charge in [0.15, 0.2) is 0 Å². The highest BCUT2D eigenvalue weighted by molar-refractivity contribution is 5.43. The van der Waals surface area contributed by atoms with E-state index >= 15 is 0 Å². The predicted molar refractivity (Wildman–Crippen MR) is 62.8 cm³/mol. The number of fused-ring (bicyclic) bond motifs is 1. The van der Waals surface area contributed by atoms with E-state index < -0.39 is 23.7 Å². The maximum Gasteiger partial charge on any atom is 0.455 e. The van der Waals surface area contributed by atoms with Crippen molar-refractivity contribution in [1.82, 2.24) is 0 Å². The average Bonchev–Trinajstić information content (AvgIpc) is 2.58. The van der Waals surface area contributed by atoms with E-state index in [1.54, 1.807) is 13.8 Å². The zero-order valence-electron chi connectivity index (χ0n) is 10.9. The molecule has 2 N–H and O–H groups in total. The smallest absolute Gasteiger partial charge is 0.455 e. The number of ether oxygens (including phenoxy) is 1. The largest absolute Gasteiger partial charge is 0.487 e. The summed E-state index contributed by atoms with van der Waals surface area (Å²) in [7, 11) is 0. The van der Waals surface area contributed by atoms with Gasteiger partial charge in [-0.25, -0.2) is 0 Å². The van der Waals surface area contributed by atoms with Crippen molar-refractivity contribution in [2.75, 3.05) is 0 Å². The fourth-order valence-corrected chi connectivity index (χ4v) is 2.21. The fourth-order valence-electron chi connectivity index (χ4n) is 2.21. The molecule has 1 aliphatic rings. The minimum absolute atomic E-state index is 0.257. The lowest BCUT2D eigenvalue weighted by Gasteiger charge is -2.26. The molecule has 0 aromatic heterocycles. The monoisotopic (exact) mass is 295 g/mol. The Morgan fingerprint density at radius 2 is 1.80 bits per heavy atom. The van der Waals surface area contributed by atoms with Crippen molar-refractivity contribution >= 4 is 0 Å². The molecule has 7 heteroatoms. The van der Waals surface area contributed by atoms with E-state index in [-0.39, 0.29) is 5.56 Å². The van der Waals surface area contributed by atoms with Crippen LogP contribution in [0.3, 0.4) is 0 Å². The van der Waals surface area contributed by atoms with Gasteiger partial charge in [-0.1, -0.05) is 12.1 Å². The van der Waals surface area contributed by atoms with Crippen LogP contribution in [0.25, 0.3) is 0 Å². The molecule has 0 amide bonds. The normalized spacial score (nSPS) is 19.4. The molecule has 1 unspecified atom stereocenters. The van der Waals surface area contributed by atoms with E-state index in [2.05, 4.69) is 0 Å². The molecular formula is C13H14F5NO. The molecule has 0 spiro atoms. The van der Waals surface area contributed by atoms with Gasteiger partial charge in [-0.3, -0.25) is 0 Å². The number of halogens is 5. The third kappa shape index (κ3) is 2.46. The first kappa shape index (κ1) is 15.0. The molecule has 20 heavy (non-hydrogen) atoms. The van der Waals surface area contributed by atoms with Gasteiger partial charge >= 0.3 is 12.1 Å². The Kier molecular flexibility index (Phi) is 3.24. The second-order valence-electron chi connectivity index (χ2n) is 5.50. The third-order valence-corrected chi connectivity index (χ3v) is 3.21. The van der Waals surface area contributed by atoms with Crippen LogP contribution < -0.4 is 10.5 Å². The van der Waals surface area contributed by atoms with Crippen molar-refractivity contribution in [1.29, 1.82) is 0 Å². The van der Waals surface area contributed by atoms with E-state index in [4.69, 9.17) is 10.5 Å². The first-order chi connectivity index (χ1) is 8.94. The molecule has 1 aromatic rings. The third-order valence-electron chi connectivity index (χ3n) is 3.21. The van der Waals surface area contributed by atoms with E-state index in [1.165, 1.54) is 12.1 Å². The lowest BCUT2D eigenvalue weighted by Crippen LogP contribution is -2.45. The Morgan fingerprint density at radius 3 is 2.35 bits per heavy atom. The zero-order valence-corrected chi connectivity index (χ0v) is 10.9. The zero-order chi connectivity index (χ0) is 15.3. The Balaban J connectivity index is 2.33. The molecule has 2 nitrogen and oxygen atoms in total. The van der Waals surface area contributed by atoms with Gasteiger partial charge in [0, 0.05) is 6.42 Å². The van der Waals surface area contributed by atoms with Gasteiger partial charge in [-0.05, 0) is 31.0 Å². The van der Waals surface area contributed by atoms with E-state index in [0.29, 0.717) is 17.7 Å². The lowest BCUT2D eigenvalue weighted by atomic mass is 9.95. The highest BCUT2D eigenvalue weighted by atomic mass is 19.4. The molecule has 0 fully saturated rings. The SMILES string of the molecule is CC1(C)Cc2cc(C(N)C(F)(F)C(F)(F)F)ccc2O1. The van der Waals surface area contributed by atoms with Gasteiger partial charge in [0.1, 0.15) is 17.4 Å². The molecule has 2 rings (SSSR count). The molecular weight excluding hydrogens is 281 g/mol. The van der Waals surface area contributed by atoms with Crippen molar-refractivity contribution in [2.24, 2.45) is 5.73 Å². The van der Waals surface area contributed by atoms with Gasteiger partial charge in [0.2, 0.25) is 0 Å². The second-order valence-corrected chi connectivity index (χ2v) is 5.50. The quantitative estimate of drug-likeness (QED) is 0.846. The number of nitrogens with two attached hydrogens (primary N) is 1. The number of rotatable bonds is 2. The van der Waals surface area contributed by atoms with Crippen molar-refractivity contribution < 1.29 is 26.7 Å². The van der Waals surface area contributed by atoms with Crippen molar-refractivity contribution in [3.05, 3.63) is 29.3 Å². The van der Waals surface area contributed by atoms with E-state index in [1.807, 2.05) is 0 Å². The summed E-state index contributed by atoms with van der Waals surface area (Å²) >= 11 is 0. The van der Waals surface area contributed by atoms with Crippen LogP contribution in [-0.2, 0) is 6.42 Å². The Labute approximate surface area is 112 Å². The molecule has 0 saturated carbocycles. The molecule has 1 aliphatic heterocycles. The first-order valence-electron chi connectivity index (χ1n) is 5.96. The average molecular weight is 295 g/mol. The highest BCUT2D eigenvalue weighted by Crippen LogP contribution is 2.44. The summed E-state index contributed by atoms with van der Waals surface area (Å²) in [6, 6.07) is 1.35. The van der Waals surface area contributed by atoms with Crippen LogP contribution in [0.1, 0.15) is 31.0 Å². The molecule has 112 valence electrons. The standard InChI is InChI=1S/C13H14F5NO/c1-11(2)6-8-5-7(3-4-9(8)20-11)10(19)12(14,15)13(16,17)18/h3-5,10H,6,19H2,1-2H3. The van der Waals surface area contributed by atoms with Crippen LogP contribution in [-0.4, -0.2) is 17.7 Å². The van der Waals surface area contributed by atoms with Crippen LogP contribution >= 0.6 is 0 Å². The summed E-state index contributed by atoms with van der Waals surface area (Å²) < 4.78 is 68.9. The molecule has 0 radical (unpaired) electrons. The van der Waals surface area contributed by atoms with Gasteiger partial charge in [-0.15, -0.1) is 0 Å². The van der Waals surface area contributed by atoms with E-state index in [9.17, 15) is 22.0 Å². The van der Waals surface area contributed by atoms with Crippen LogP contribution in [0.5, 0.6) is 5.75 Å². The highest BCUT2D eigenvalue weighted by Gasteiger charge is 2.61. The molecule has 1 aromatic carbocycles. The maximum atomic E-state index is 13.2. The van der Waals surface area contributed by atoms with Gasteiger partial charge in [-0.2, -0.15) is 22.0 Å². The van der Waals surface area contributed by atoms with Crippen LogP contribution in [0.4, 0.5) is 22.0 Å². The minimum Gasteiger partial charge on any atom is -0.487 e. The number of benzene rings is 1. The van der Waals surface area contributed by atoms with Crippen LogP contribution in [0.15, 0.2) is 18.2 Å². The Bertz CT molecular complexity index is 524. The first-order valence-corrected chi connectivity index (χ1v) is 5.96. The summed E-state index contributed by atoms with van der Waals surface area (Å²) in [5.74, 6) is -4.49. The molecule has 0 saturated heterocycles. The Hall–Kier alpha value is -1.37. The van der Waals surface area contributed by atoms with Crippen LogP contribution in [0, 0.1) is 0 Å². The van der Waals surface area contributed by atoms with Crippen molar-refractivity contribution in [3.8, 4) is 5.75 Å². The summed E-state index contributed by atoms with van der Waals surface area (Å²) in [5, 5.41) is 0. The Morgan fingerprint density at radius 1 is 1.20 bits per heavy atom. The second kappa shape index (κ2) is 4.31.